The molecule has 132 valence electrons. The Balaban J connectivity index is 1.79. The molecule has 0 unspecified atom stereocenters. The average Bonchev–Trinajstić information content (AvgIpc) is 3.03. The lowest BCUT2D eigenvalue weighted by Gasteiger charge is -2.22. The number of H-pyrrole nitrogens is 1. The Kier molecular flexibility index (Phi) is 4.39. The molecule has 3 aromatic rings. The van der Waals surface area contributed by atoms with Crippen LogP contribution in [0.15, 0.2) is 48.5 Å². The summed E-state index contributed by atoms with van der Waals surface area (Å²) in [7, 11) is 0. The van der Waals surface area contributed by atoms with Crippen LogP contribution in [0.4, 0.5) is 0 Å². The minimum Gasteiger partial charge on any atom is -0.354 e. The van der Waals surface area contributed by atoms with Gasteiger partial charge in [0.25, 0.3) is 5.91 Å². The van der Waals surface area contributed by atoms with Gasteiger partial charge in [0, 0.05) is 28.0 Å². The number of aromatic nitrogens is 1. The number of nitrogens with one attached hydrogen (secondary N) is 3. The Bertz CT molecular complexity index is 981. The predicted molar refractivity (Wildman–Crippen MR) is 102 cm³/mol. The SMILES string of the molecule is O=C(N[C@H]1CCCNC1=O)c1[nH]c2ccc(Cl)cc2c1-c1ccccc1. The van der Waals surface area contributed by atoms with Gasteiger partial charge in [-0.1, -0.05) is 41.9 Å². The van der Waals surface area contributed by atoms with Crippen LogP contribution in [0.3, 0.4) is 0 Å². The lowest BCUT2D eigenvalue weighted by molar-refractivity contribution is -0.124. The summed E-state index contributed by atoms with van der Waals surface area (Å²) in [6.07, 6.45) is 1.49. The van der Waals surface area contributed by atoms with E-state index in [2.05, 4.69) is 15.6 Å². The van der Waals surface area contributed by atoms with Crippen LogP contribution in [0, 0.1) is 0 Å². The maximum Gasteiger partial charge on any atom is 0.269 e. The molecule has 1 aliphatic rings. The van der Waals surface area contributed by atoms with Crippen LogP contribution in [0.25, 0.3) is 22.0 Å². The monoisotopic (exact) mass is 367 g/mol. The van der Waals surface area contributed by atoms with Gasteiger partial charge in [-0.25, -0.2) is 0 Å². The van der Waals surface area contributed by atoms with Crippen molar-refractivity contribution in [1.29, 1.82) is 0 Å². The Labute approximate surface area is 155 Å². The third-order valence-electron chi connectivity index (χ3n) is 4.64. The number of benzene rings is 2. The molecular weight excluding hydrogens is 350 g/mol. The van der Waals surface area contributed by atoms with Crippen LogP contribution in [0.1, 0.15) is 23.3 Å². The van der Waals surface area contributed by atoms with E-state index in [0.717, 1.165) is 28.5 Å². The smallest absolute Gasteiger partial charge is 0.269 e. The number of hydrogen-bond donors (Lipinski definition) is 3. The molecule has 5 nitrogen and oxygen atoms in total. The molecule has 1 aliphatic heterocycles. The summed E-state index contributed by atoms with van der Waals surface area (Å²) < 4.78 is 0. The topological polar surface area (TPSA) is 74.0 Å². The quantitative estimate of drug-likeness (QED) is 0.662. The Hall–Kier alpha value is -2.79. The molecule has 2 heterocycles. The zero-order valence-corrected chi connectivity index (χ0v) is 14.8. The number of carbonyl (C=O) groups excluding carboxylic acids is 2. The minimum absolute atomic E-state index is 0.134. The largest absolute Gasteiger partial charge is 0.354 e. The fourth-order valence-electron chi connectivity index (χ4n) is 3.38. The molecule has 1 fully saturated rings. The van der Waals surface area contributed by atoms with Gasteiger partial charge in [-0.15, -0.1) is 0 Å². The van der Waals surface area contributed by atoms with Crippen molar-refractivity contribution in [3.8, 4) is 11.1 Å². The Morgan fingerprint density at radius 3 is 2.73 bits per heavy atom. The number of amides is 2. The van der Waals surface area contributed by atoms with Crippen molar-refractivity contribution in [2.75, 3.05) is 6.54 Å². The molecule has 6 heteroatoms. The first-order valence-corrected chi connectivity index (χ1v) is 8.96. The Morgan fingerprint density at radius 1 is 1.15 bits per heavy atom. The van der Waals surface area contributed by atoms with Gasteiger partial charge in [-0.05, 0) is 36.6 Å². The van der Waals surface area contributed by atoms with Gasteiger partial charge in [0.05, 0.1) is 0 Å². The summed E-state index contributed by atoms with van der Waals surface area (Å²) in [4.78, 5) is 28.1. The van der Waals surface area contributed by atoms with E-state index in [0.29, 0.717) is 23.7 Å². The molecule has 4 rings (SSSR count). The first-order chi connectivity index (χ1) is 12.6. The zero-order valence-electron chi connectivity index (χ0n) is 14.0. The predicted octanol–water partition coefficient (Wildman–Crippen LogP) is 3.50. The lowest BCUT2D eigenvalue weighted by atomic mass is 10.0. The highest BCUT2D eigenvalue weighted by molar-refractivity contribution is 6.31. The van der Waals surface area contributed by atoms with Gasteiger partial charge in [0.15, 0.2) is 0 Å². The number of aromatic amines is 1. The second kappa shape index (κ2) is 6.84. The van der Waals surface area contributed by atoms with Gasteiger partial charge in [-0.2, -0.15) is 0 Å². The summed E-state index contributed by atoms with van der Waals surface area (Å²) in [6, 6.07) is 14.7. The van der Waals surface area contributed by atoms with Crippen molar-refractivity contribution in [3.63, 3.8) is 0 Å². The van der Waals surface area contributed by atoms with E-state index < -0.39 is 6.04 Å². The normalized spacial score (nSPS) is 17.1. The van der Waals surface area contributed by atoms with Crippen LogP contribution in [-0.2, 0) is 4.79 Å². The Morgan fingerprint density at radius 2 is 1.96 bits per heavy atom. The number of rotatable bonds is 3. The van der Waals surface area contributed by atoms with Crippen molar-refractivity contribution < 1.29 is 9.59 Å². The first-order valence-electron chi connectivity index (χ1n) is 8.59. The van der Waals surface area contributed by atoms with Crippen molar-refractivity contribution in [1.82, 2.24) is 15.6 Å². The van der Waals surface area contributed by atoms with Gasteiger partial charge in [0.1, 0.15) is 11.7 Å². The van der Waals surface area contributed by atoms with Crippen LogP contribution < -0.4 is 10.6 Å². The summed E-state index contributed by atoms with van der Waals surface area (Å²) in [5.74, 6) is -0.428. The molecule has 2 amide bonds. The summed E-state index contributed by atoms with van der Waals surface area (Å²) >= 11 is 6.17. The van der Waals surface area contributed by atoms with Crippen LogP contribution in [-0.4, -0.2) is 29.4 Å². The minimum atomic E-state index is -0.505. The number of piperidine rings is 1. The van der Waals surface area contributed by atoms with Gasteiger partial charge in [-0.3, -0.25) is 9.59 Å². The molecule has 1 saturated heterocycles. The van der Waals surface area contributed by atoms with Crippen molar-refractivity contribution >= 4 is 34.3 Å². The van der Waals surface area contributed by atoms with E-state index >= 15 is 0 Å². The molecule has 0 radical (unpaired) electrons. The molecule has 1 atom stereocenters. The maximum absolute atomic E-state index is 13.0. The fraction of sp³-hybridized carbons (Fsp3) is 0.200. The molecule has 2 aromatic carbocycles. The highest BCUT2D eigenvalue weighted by Crippen LogP contribution is 2.34. The van der Waals surface area contributed by atoms with Crippen LogP contribution in [0.5, 0.6) is 0 Å². The van der Waals surface area contributed by atoms with E-state index in [1.807, 2.05) is 42.5 Å². The van der Waals surface area contributed by atoms with E-state index in [-0.39, 0.29) is 11.8 Å². The molecule has 26 heavy (non-hydrogen) atoms. The molecule has 3 N–H and O–H groups in total. The molecule has 0 bridgehead atoms. The second-order valence-electron chi connectivity index (χ2n) is 6.39. The van der Waals surface area contributed by atoms with E-state index in [1.165, 1.54) is 0 Å². The standard InChI is InChI=1S/C20H18ClN3O2/c21-13-8-9-15-14(11-13)17(12-5-2-1-3-6-12)18(23-15)20(26)24-16-7-4-10-22-19(16)25/h1-3,5-6,8-9,11,16,23H,4,7,10H2,(H,22,25)(H,24,26)/t16-/m0/s1. The van der Waals surface area contributed by atoms with E-state index in [9.17, 15) is 9.59 Å². The molecule has 0 saturated carbocycles. The zero-order chi connectivity index (χ0) is 18.1. The molecule has 0 spiro atoms. The van der Waals surface area contributed by atoms with Gasteiger partial charge in [0.2, 0.25) is 5.91 Å². The van der Waals surface area contributed by atoms with Crippen molar-refractivity contribution in [3.05, 3.63) is 59.2 Å². The number of hydrogen-bond acceptors (Lipinski definition) is 2. The van der Waals surface area contributed by atoms with Gasteiger partial charge >= 0.3 is 0 Å². The summed E-state index contributed by atoms with van der Waals surface area (Å²) in [6.45, 7) is 0.658. The summed E-state index contributed by atoms with van der Waals surface area (Å²) in [5.41, 5.74) is 2.97. The maximum atomic E-state index is 13.0. The van der Waals surface area contributed by atoms with Crippen molar-refractivity contribution in [2.24, 2.45) is 0 Å². The highest BCUT2D eigenvalue weighted by Gasteiger charge is 2.26. The fourth-order valence-corrected chi connectivity index (χ4v) is 3.55. The van der Waals surface area contributed by atoms with Crippen LogP contribution >= 0.6 is 11.6 Å². The second-order valence-corrected chi connectivity index (χ2v) is 6.83. The lowest BCUT2D eigenvalue weighted by Crippen LogP contribution is -2.50. The summed E-state index contributed by atoms with van der Waals surface area (Å²) in [5, 5.41) is 7.12. The van der Waals surface area contributed by atoms with E-state index in [1.54, 1.807) is 6.07 Å². The average molecular weight is 368 g/mol. The van der Waals surface area contributed by atoms with Crippen LogP contribution in [0.2, 0.25) is 5.02 Å². The molecule has 1 aromatic heterocycles. The van der Waals surface area contributed by atoms with Crippen molar-refractivity contribution in [2.45, 2.75) is 18.9 Å². The molecular formula is C20H18ClN3O2. The first kappa shape index (κ1) is 16.7. The van der Waals surface area contributed by atoms with Gasteiger partial charge < -0.3 is 15.6 Å². The number of fused-ring (bicyclic) bond motifs is 1. The third-order valence-corrected chi connectivity index (χ3v) is 4.88. The third kappa shape index (κ3) is 3.06. The molecule has 0 aliphatic carbocycles. The highest BCUT2D eigenvalue weighted by atomic mass is 35.5. The van der Waals surface area contributed by atoms with E-state index in [4.69, 9.17) is 11.6 Å². The number of halogens is 1. The number of carbonyl (C=O) groups is 2.